The predicted octanol–water partition coefficient (Wildman–Crippen LogP) is 4.61. The maximum Gasteiger partial charge on any atom is 0.349 e. The van der Waals surface area contributed by atoms with E-state index in [0.717, 1.165) is 32.4 Å². The number of hydrogen-bond acceptors (Lipinski definition) is 8. The second-order valence-electron chi connectivity index (χ2n) is 10.5. The number of benzene rings is 2. The molecule has 0 amide bonds. The van der Waals surface area contributed by atoms with Crippen molar-refractivity contribution in [2.24, 2.45) is 0 Å². The number of nitrogens with zero attached hydrogens (tertiary/aromatic N) is 4. The molecule has 200 valence electrons. The maximum absolute atomic E-state index is 14.7. The van der Waals surface area contributed by atoms with E-state index in [0.29, 0.717) is 39.8 Å². The van der Waals surface area contributed by atoms with Gasteiger partial charge in [-0.15, -0.1) is 6.42 Å². The summed E-state index contributed by atoms with van der Waals surface area (Å²) in [6.07, 6.45) is 8.80. The topological polar surface area (TPSA) is 91.9 Å². The number of aryl methyl sites for hydroxylation is 1. The van der Waals surface area contributed by atoms with Crippen LogP contribution >= 0.6 is 0 Å². The molecule has 0 radical (unpaired) electrons. The van der Waals surface area contributed by atoms with Crippen molar-refractivity contribution in [1.29, 1.82) is 0 Å². The van der Waals surface area contributed by atoms with Gasteiger partial charge < -0.3 is 24.1 Å². The molecule has 2 saturated heterocycles. The van der Waals surface area contributed by atoms with Crippen LogP contribution in [0, 0.1) is 25.1 Å². The number of likely N-dealkylation sites (tertiary alicyclic amines) is 1. The molecule has 0 bridgehead atoms. The number of terminal acetylenes is 1. The van der Waals surface area contributed by atoms with Crippen LogP contribution in [0.15, 0.2) is 33.5 Å². The summed E-state index contributed by atoms with van der Waals surface area (Å²) in [6.45, 7) is 6.05. The van der Waals surface area contributed by atoms with Crippen molar-refractivity contribution in [3.63, 3.8) is 0 Å². The second kappa shape index (κ2) is 9.54. The number of anilines is 1. The van der Waals surface area contributed by atoms with Crippen molar-refractivity contribution in [3.05, 3.63) is 51.6 Å². The van der Waals surface area contributed by atoms with Crippen LogP contribution < -0.4 is 15.3 Å². The van der Waals surface area contributed by atoms with Crippen molar-refractivity contribution in [3.8, 4) is 35.4 Å². The van der Waals surface area contributed by atoms with Crippen LogP contribution in [0.2, 0.25) is 0 Å². The molecule has 2 aromatic carbocycles. The zero-order valence-corrected chi connectivity index (χ0v) is 22.1. The molecule has 4 heterocycles. The van der Waals surface area contributed by atoms with Gasteiger partial charge in [0, 0.05) is 35.1 Å². The normalized spacial score (nSPS) is 19.4. The van der Waals surface area contributed by atoms with Crippen LogP contribution in [-0.2, 0) is 0 Å². The van der Waals surface area contributed by atoms with Gasteiger partial charge in [-0.3, -0.25) is 0 Å². The smallest absolute Gasteiger partial charge is 0.349 e. The Morgan fingerprint density at radius 1 is 1.23 bits per heavy atom. The summed E-state index contributed by atoms with van der Waals surface area (Å²) >= 11 is 0. The number of halogens is 1. The maximum atomic E-state index is 14.7. The Morgan fingerprint density at radius 2 is 2.05 bits per heavy atom. The first kappa shape index (κ1) is 25.1. The average molecular weight is 529 g/mol. The molecule has 1 N–H and O–H groups in total. The molecule has 2 atom stereocenters. The monoisotopic (exact) mass is 528 g/mol. The summed E-state index contributed by atoms with van der Waals surface area (Å²) in [5.41, 5.74) is 0.615. The van der Waals surface area contributed by atoms with Crippen molar-refractivity contribution in [2.45, 2.75) is 45.2 Å². The van der Waals surface area contributed by atoms with Crippen molar-refractivity contribution in [1.82, 2.24) is 14.9 Å². The van der Waals surface area contributed by atoms with Gasteiger partial charge in [-0.05, 0) is 70.3 Å². The van der Waals surface area contributed by atoms with Gasteiger partial charge in [0.05, 0.1) is 11.1 Å². The predicted molar refractivity (Wildman–Crippen MR) is 148 cm³/mol. The fraction of sp³-hybridized carbons (Fsp3) is 0.367. The van der Waals surface area contributed by atoms with E-state index in [1.54, 1.807) is 6.92 Å². The molecule has 39 heavy (non-hydrogen) atoms. The van der Waals surface area contributed by atoms with Crippen LogP contribution in [0.3, 0.4) is 0 Å². The van der Waals surface area contributed by atoms with Crippen LogP contribution in [0.25, 0.3) is 33.0 Å². The first-order valence-electron chi connectivity index (χ1n) is 13.1. The summed E-state index contributed by atoms with van der Waals surface area (Å²) in [5.74, 6) is 2.38. The van der Waals surface area contributed by atoms with Crippen molar-refractivity contribution in [2.75, 3.05) is 31.6 Å². The van der Waals surface area contributed by atoms with Crippen LogP contribution in [0.4, 0.5) is 10.2 Å². The quantitative estimate of drug-likeness (QED) is 0.376. The molecule has 9 heteroatoms. The zero-order valence-electron chi connectivity index (χ0n) is 22.1. The van der Waals surface area contributed by atoms with E-state index in [4.69, 9.17) is 15.6 Å². The Kier molecular flexibility index (Phi) is 6.15. The standard InChI is InChI=1S/C30H29FN4O4/c1-5-21-23(31)9-8-18-13-20(36)14-22(24(18)21)27-17(3)26-25(29(37)39-27)28(35-12-10-16(35)2)33-30(32-26)38-15-19-7-6-11-34(19)4/h1,8-9,13-14,16,19,36H,6-7,10-12,15H2,2-4H3/t16-,19+/m1/s1. The fourth-order valence-electron chi connectivity index (χ4n) is 5.68. The number of aromatic nitrogens is 2. The number of phenolic OH excluding ortho intramolecular Hbond substituents is 1. The van der Waals surface area contributed by atoms with Gasteiger partial charge in [-0.2, -0.15) is 9.97 Å². The third-order valence-electron chi connectivity index (χ3n) is 8.07. The minimum atomic E-state index is -0.628. The highest BCUT2D eigenvalue weighted by Gasteiger charge is 2.31. The van der Waals surface area contributed by atoms with E-state index in [-0.39, 0.29) is 40.6 Å². The van der Waals surface area contributed by atoms with Gasteiger partial charge in [0.25, 0.3) is 0 Å². The second-order valence-corrected chi connectivity index (χ2v) is 10.5. The molecule has 6 rings (SSSR count). The number of fused-ring (bicyclic) bond motifs is 2. The third-order valence-corrected chi connectivity index (χ3v) is 8.07. The summed E-state index contributed by atoms with van der Waals surface area (Å²) in [4.78, 5) is 27.2. The molecule has 2 fully saturated rings. The molecular formula is C30H29FN4O4. The van der Waals surface area contributed by atoms with E-state index < -0.39 is 11.4 Å². The number of hydrogen-bond donors (Lipinski definition) is 1. The van der Waals surface area contributed by atoms with E-state index in [2.05, 4.69) is 34.8 Å². The Hall–Kier alpha value is -4.16. The molecule has 2 aliphatic heterocycles. The van der Waals surface area contributed by atoms with Crippen LogP contribution in [0.5, 0.6) is 11.8 Å². The minimum Gasteiger partial charge on any atom is -0.508 e. The molecule has 0 spiro atoms. The number of rotatable bonds is 5. The lowest BCUT2D eigenvalue weighted by Crippen LogP contribution is -2.46. The molecule has 0 saturated carbocycles. The first-order valence-corrected chi connectivity index (χ1v) is 13.1. The Morgan fingerprint density at radius 3 is 2.72 bits per heavy atom. The lowest BCUT2D eigenvalue weighted by atomic mass is 9.95. The van der Waals surface area contributed by atoms with E-state index in [1.165, 1.54) is 24.3 Å². The molecular weight excluding hydrogens is 499 g/mol. The van der Waals surface area contributed by atoms with Crippen LogP contribution in [-0.4, -0.2) is 58.8 Å². The van der Waals surface area contributed by atoms with Crippen molar-refractivity contribution >= 4 is 27.5 Å². The number of phenols is 1. The Labute approximate surface area is 225 Å². The lowest BCUT2D eigenvalue weighted by molar-refractivity contribution is 0.188. The summed E-state index contributed by atoms with van der Waals surface area (Å²) in [6, 6.07) is 6.35. The van der Waals surface area contributed by atoms with Gasteiger partial charge >= 0.3 is 11.6 Å². The molecule has 2 aliphatic rings. The highest BCUT2D eigenvalue weighted by molar-refractivity contribution is 6.03. The Balaban J connectivity index is 1.58. The summed E-state index contributed by atoms with van der Waals surface area (Å²) in [5, 5.41) is 11.6. The summed E-state index contributed by atoms with van der Waals surface area (Å²) in [7, 11) is 2.07. The third kappa shape index (κ3) is 4.16. The molecule has 4 aromatic rings. The average Bonchev–Trinajstić information content (AvgIpc) is 3.32. The first-order chi connectivity index (χ1) is 18.8. The number of ether oxygens (including phenoxy) is 1. The summed E-state index contributed by atoms with van der Waals surface area (Å²) < 4.78 is 26.7. The largest absolute Gasteiger partial charge is 0.508 e. The SMILES string of the molecule is C#Cc1c(F)ccc2cc(O)cc(-c3oc(=O)c4c(N5CC[C@H]5C)nc(OC[C@@H]5CCCN5C)nc4c3C)c12. The van der Waals surface area contributed by atoms with E-state index in [9.17, 15) is 14.3 Å². The number of aromatic hydroxyl groups is 1. The van der Waals surface area contributed by atoms with Crippen molar-refractivity contribution < 1.29 is 18.7 Å². The Bertz CT molecular complexity index is 1730. The molecule has 0 unspecified atom stereocenters. The van der Waals surface area contributed by atoms with E-state index in [1.807, 2.05) is 4.90 Å². The van der Waals surface area contributed by atoms with Gasteiger partial charge in [0.15, 0.2) is 5.82 Å². The molecule has 2 aromatic heterocycles. The highest BCUT2D eigenvalue weighted by Crippen LogP contribution is 2.40. The fourth-order valence-corrected chi connectivity index (χ4v) is 5.68. The number of likely N-dealkylation sites (N-methyl/N-ethyl adjacent to an activating group) is 1. The minimum absolute atomic E-state index is 0.0205. The van der Waals surface area contributed by atoms with Crippen LogP contribution in [0.1, 0.15) is 37.3 Å². The highest BCUT2D eigenvalue weighted by atomic mass is 19.1. The zero-order chi connectivity index (χ0) is 27.4. The molecule has 0 aliphatic carbocycles. The molecule has 8 nitrogen and oxygen atoms in total. The van der Waals surface area contributed by atoms with E-state index >= 15 is 0 Å². The lowest BCUT2D eigenvalue weighted by Gasteiger charge is -2.40. The van der Waals surface area contributed by atoms with Gasteiger partial charge in [-0.1, -0.05) is 12.0 Å². The van der Waals surface area contributed by atoms with Gasteiger partial charge in [0.2, 0.25) is 0 Å². The van der Waals surface area contributed by atoms with Gasteiger partial charge in [0.1, 0.15) is 29.3 Å². The van der Waals surface area contributed by atoms with Gasteiger partial charge in [-0.25, -0.2) is 9.18 Å².